The summed E-state index contributed by atoms with van der Waals surface area (Å²) in [6.07, 6.45) is 0. The number of amides is 1. The predicted octanol–water partition coefficient (Wildman–Crippen LogP) is 0.548. The van der Waals surface area contributed by atoms with Gasteiger partial charge < -0.3 is 20.3 Å². The molecule has 1 atom stereocenters. The van der Waals surface area contributed by atoms with Crippen LogP contribution in [0.15, 0.2) is 18.2 Å². The van der Waals surface area contributed by atoms with Crippen LogP contribution >= 0.6 is 0 Å². The molecule has 1 heterocycles. The molecule has 1 fully saturated rings. The zero-order valence-electron chi connectivity index (χ0n) is 11.5. The summed E-state index contributed by atoms with van der Waals surface area (Å²) in [5.41, 5.74) is 0.164. The number of rotatable bonds is 4. The van der Waals surface area contributed by atoms with Crippen molar-refractivity contribution in [1.82, 2.24) is 10.2 Å². The minimum atomic E-state index is -0.345. The quantitative estimate of drug-likeness (QED) is 0.750. The molecule has 0 saturated carbocycles. The zero-order valence-corrected chi connectivity index (χ0v) is 11.5. The van der Waals surface area contributed by atoms with Crippen LogP contribution in [0.2, 0.25) is 0 Å². The molecule has 0 spiro atoms. The van der Waals surface area contributed by atoms with E-state index in [0.717, 1.165) is 32.4 Å². The highest BCUT2D eigenvalue weighted by atomic mass is 16.5. The Morgan fingerprint density at radius 2 is 2.10 bits per heavy atom. The zero-order chi connectivity index (χ0) is 14.5. The molecule has 0 aliphatic carbocycles. The second-order valence-corrected chi connectivity index (χ2v) is 4.91. The maximum Gasteiger partial charge on any atom is 0.255 e. The molecular formula is C14H20N2O4. The predicted molar refractivity (Wildman–Crippen MR) is 74.0 cm³/mol. The van der Waals surface area contributed by atoms with Crippen molar-refractivity contribution in [3.8, 4) is 11.5 Å². The highest BCUT2D eigenvalue weighted by molar-refractivity contribution is 5.97. The van der Waals surface area contributed by atoms with Gasteiger partial charge in [0.05, 0.1) is 18.8 Å². The summed E-state index contributed by atoms with van der Waals surface area (Å²) < 4.78 is 5.29. The average molecular weight is 280 g/mol. The number of phenols is 2. The van der Waals surface area contributed by atoms with Gasteiger partial charge in [0.2, 0.25) is 0 Å². The molecule has 1 aromatic rings. The number of ether oxygens (including phenoxy) is 1. The molecule has 6 nitrogen and oxygen atoms in total. The smallest absolute Gasteiger partial charge is 0.255 e. The monoisotopic (exact) mass is 280 g/mol. The molecular weight excluding hydrogens is 260 g/mol. The topological polar surface area (TPSA) is 82.0 Å². The van der Waals surface area contributed by atoms with E-state index in [0.29, 0.717) is 6.54 Å². The number of benzene rings is 1. The first-order chi connectivity index (χ1) is 9.58. The Labute approximate surface area is 118 Å². The van der Waals surface area contributed by atoms with Crippen LogP contribution in [0.3, 0.4) is 0 Å². The van der Waals surface area contributed by atoms with Crippen LogP contribution in [0.1, 0.15) is 17.3 Å². The molecule has 0 unspecified atom stereocenters. The van der Waals surface area contributed by atoms with Gasteiger partial charge in [-0.15, -0.1) is 0 Å². The summed E-state index contributed by atoms with van der Waals surface area (Å²) in [6.45, 7) is 5.71. The maximum absolute atomic E-state index is 12.0. The molecule has 1 aromatic carbocycles. The molecule has 1 aliphatic rings. The van der Waals surface area contributed by atoms with Crippen LogP contribution < -0.4 is 5.32 Å². The van der Waals surface area contributed by atoms with Crippen molar-refractivity contribution in [1.29, 1.82) is 0 Å². The summed E-state index contributed by atoms with van der Waals surface area (Å²) >= 11 is 0. The fraction of sp³-hybridized carbons (Fsp3) is 0.500. The molecule has 1 amide bonds. The van der Waals surface area contributed by atoms with Gasteiger partial charge in [0.15, 0.2) is 0 Å². The maximum atomic E-state index is 12.0. The minimum absolute atomic E-state index is 0.0688. The van der Waals surface area contributed by atoms with Crippen molar-refractivity contribution in [3.63, 3.8) is 0 Å². The molecule has 6 heteroatoms. The third-order valence-corrected chi connectivity index (χ3v) is 3.45. The van der Waals surface area contributed by atoms with E-state index in [1.54, 1.807) is 0 Å². The molecule has 110 valence electrons. The van der Waals surface area contributed by atoms with Crippen LogP contribution in [0, 0.1) is 0 Å². The lowest BCUT2D eigenvalue weighted by Gasteiger charge is -2.32. The van der Waals surface area contributed by atoms with Crippen molar-refractivity contribution >= 4 is 5.91 Å². The summed E-state index contributed by atoms with van der Waals surface area (Å²) in [5.74, 6) is -0.634. The van der Waals surface area contributed by atoms with Crippen molar-refractivity contribution in [3.05, 3.63) is 23.8 Å². The van der Waals surface area contributed by atoms with E-state index < -0.39 is 0 Å². The number of carbonyl (C=O) groups excluding carboxylic acids is 1. The Balaban J connectivity index is 1.88. The number of aromatic hydroxyl groups is 2. The van der Waals surface area contributed by atoms with Gasteiger partial charge in [0.1, 0.15) is 11.5 Å². The number of nitrogens with zero attached hydrogens (tertiary/aromatic N) is 1. The molecule has 1 aliphatic heterocycles. The van der Waals surface area contributed by atoms with Crippen LogP contribution in [0.5, 0.6) is 11.5 Å². The molecule has 1 saturated heterocycles. The van der Waals surface area contributed by atoms with E-state index in [-0.39, 0.29) is 29.0 Å². The lowest BCUT2D eigenvalue weighted by Crippen LogP contribution is -2.47. The second-order valence-electron chi connectivity index (χ2n) is 4.91. The summed E-state index contributed by atoms with van der Waals surface area (Å²) in [6, 6.07) is 4.14. The van der Waals surface area contributed by atoms with Crippen LogP contribution in [0.4, 0.5) is 0 Å². The van der Waals surface area contributed by atoms with Gasteiger partial charge in [0, 0.05) is 31.7 Å². The minimum Gasteiger partial charge on any atom is -0.508 e. The third kappa shape index (κ3) is 3.61. The Bertz CT molecular complexity index is 472. The van der Waals surface area contributed by atoms with Crippen molar-refractivity contribution in [2.75, 3.05) is 32.8 Å². The summed E-state index contributed by atoms with van der Waals surface area (Å²) in [4.78, 5) is 14.2. The van der Waals surface area contributed by atoms with Gasteiger partial charge in [-0.2, -0.15) is 0 Å². The Hall–Kier alpha value is -1.79. The Kier molecular flexibility index (Phi) is 4.81. The molecule has 0 bridgehead atoms. The fourth-order valence-corrected chi connectivity index (χ4v) is 2.20. The van der Waals surface area contributed by atoms with E-state index in [1.807, 2.05) is 6.92 Å². The highest BCUT2D eigenvalue weighted by Crippen LogP contribution is 2.22. The van der Waals surface area contributed by atoms with Crippen LogP contribution in [-0.2, 0) is 4.74 Å². The van der Waals surface area contributed by atoms with E-state index in [4.69, 9.17) is 4.74 Å². The van der Waals surface area contributed by atoms with E-state index in [9.17, 15) is 15.0 Å². The first-order valence-electron chi connectivity index (χ1n) is 6.70. The Morgan fingerprint density at radius 3 is 2.75 bits per heavy atom. The van der Waals surface area contributed by atoms with Gasteiger partial charge in [0.25, 0.3) is 5.91 Å². The number of hydrogen-bond acceptors (Lipinski definition) is 5. The van der Waals surface area contributed by atoms with Gasteiger partial charge in [-0.1, -0.05) is 0 Å². The lowest BCUT2D eigenvalue weighted by molar-refractivity contribution is 0.0204. The van der Waals surface area contributed by atoms with Gasteiger partial charge >= 0.3 is 0 Å². The number of carbonyl (C=O) groups is 1. The third-order valence-electron chi connectivity index (χ3n) is 3.45. The van der Waals surface area contributed by atoms with E-state index in [1.165, 1.54) is 12.1 Å². The van der Waals surface area contributed by atoms with E-state index >= 15 is 0 Å². The fourth-order valence-electron chi connectivity index (χ4n) is 2.20. The normalized spacial score (nSPS) is 17.6. The first kappa shape index (κ1) is 14.6. The number of hydrogen-bond donors (Lipinski definition) is 3. The van der Waals surface area contributed by atoms with E-state index in [2.05, 4.69) is 10.2 Å². The van der Waals surface area contributed by atoms with Gasteiger partial charge in [-0.05, 0) is 19.1 Å². The van der Waals surface area contributed by atoms with Crippen LogP contribution in [-0.4, -0.2) is 59.9 Å². The van der Waals surface area contributed by atoms with Crippen molar-refractivity contribution in [2.45, 2.75) is 13.0 Å². The number of phenolic OH excluding ortho intramolecular Hbond substituents is 2. The second kappa shape index (κ2) is 6.58. The molecule has 2 rings (SSSR count). The summed E-state index contributed by atoms with van der Waals surface area (Å²) in [5, 5.41) is 21.6. The highest BCUT2D eigenvalue weighted by Gasteiger charge is 2.18. The average Bonchev–Trinajstić information content (AvgIpc) is 2.45. The van der Waals surface area contributed by atoms with Crippen LogP contribution in [0.25, 0.3) is 0 Å². The number of morpholine rings is 1. The molecule has 20 heavy (non-hydrogen) atoms. The molecule has 3 N–H and O–H groups in total. The molecule has 0 radical (unpaired) electrons. The van der Waals surface area contributed by atoms with Crippen molar-refractivity contribution in [2.24, 2.45) is 0 Å². The number of nitrogens with one attached hydrogen (secondary N) is 1. The molecule has 0 aromatic heterocycles. The van der Waals surface area contributed by atoms with Crippen molar-refractivity contribution < 1.29 is 19.7 Å². The standard InChI is InChI=1S/C14H20N2O4/c1-10(16-4-6-20-7-5-16)9-15-14(19)12-3-2-11(17)8-13(12)18/h2-3,8,10,17-18H,4-7,9H2,1H3,(H,15,19)/t10-/m0/s1. The lowest BCUT2D eigenvalue weighted by atomic mass is 10.1. The van der Waals surface area contributed by atoms with Gasteiger partial charge in [-0.3, -0.25) is 9.69 Å². The summed E-state index contributed by atoms with van der Waals surface area (Å²) in [7, 11) is 0. The SMILES string of the molecule is C[C@@H](CNC(=O)c1ccc(O)cc1O)N1CCOCC1. The van der Waals surface area contributed by atoms with Gasteiger partial charge in [-0.25, -0.2) is 0 Å². The Morgan fingerprint density at radius 1 is 1.40 bits per heavy atom. The first-order valence-corrected chi connectivity index (χ1v) is 6.70. The largest absolute Gasteiger partial charge is 0.508 e.